The Morgan fingerprint density at radius 1 is 1.19 bits per heavy atom. The number of rotatable bonds is 8. The minimum absolute atomic E-state index is 0.211. The molecule has 0 saturated heterocycles. The number of hydrogen-bond donors (Lipinski definition) is 1. The van der Waals surface area contributed by atoms with Crippen LogP contribution in [-0.4, -0.2) is 27.6 Å². The van der Waals surface area contributed by atoms with Crippen molar-refractivity contribution in [3.8, 4) is 5.75 Å². The van der Waals surface area contributed by atoms with Gasteiger partial charge in [-0.1, -0.05) is 17.3 Å². The fourth-order valence-electron chi connectivity index (χ4n) is 2.14. The molecule has 2 aromatic rings. The third-order valence-corrected chi connectivity index (χ3v) is 3.24. The number of nitrogens with one attached hydrogen (secondary N) is 1. The zero-order valence-electron chi connectivity index (χ0n) is 13.0. The summed E-state index contributed by atoms with van der Waals surface area (Å²) in [6.07, 6.45) is 4.83. The largest absolute Gasteiger partial charge is 0.491 e. The van der Waals surface area contributed by atoms with Gasteiger partial charge in [-0.05, 0) is 51.4 Å². The maximum atomic E-state index is 5.65. The first-order valence-electron chi connectivity index (χ1n) is 7.49. The van der Waals surface area contributed by atoms with Gasteiger partial charge in [0.05, 0.1) is 12.3 Å². The molecule has 0 aliphatic heterocycles. The van der Waals surface area contributed by atoms with Crippen LogP contribution in [0.2, 0.25) is 0 Å². The zero-order chi connectivity index (χ0) is 15.1. The number of nitrogens with zero attached hydrogens (tertiary/aromatic N) is 3. The van der Waals surface area contributed by atoms with E-state index in [-0.39, 0.29) is 6.10 Å². The van der Waals surface area contributed by atoms with Crippen LogP contribution in [0.3, 0.4) is 0 Å². The van der Waals surface area contributed by atoms with Crippen molar-refractivity contribution in [2.45, 2.75) is 45.9 Å². The van der Waals surface area contributed by atoms with Crippen molar-refractivity contribution < 1.29 is 4.74 Å². The summed E-state index contributed by atoms with van der Waals surface area (Å²) in [5.41, 5.74) is 1.27. The Morgan fingerprint density at radius 2 is 1.95 bits per heavy atom. The lowest BCUT2D eigenvalue weighted by Gasteiger charge is -2.15. The molecule has 2 rings (SSSR count). The number of aryl methyl sites for hydroxylation is 1. The second-order valence-corrected chi connectivity index (χ2v) is 5.43. The first-order valence-corrected chi connectivity index (χ1v) is 7.49. The van der Waals surface area contributed by atoms with Crippen LogP contribution >= 0.6 is 0 Å². The van der Waals surface area contributed by atoms with Gasteiger partial charge in [0.2, 0.25) is 0 Å². The molecule has 0 fully saturated rings. The lowest BCUT2D eigenvalue weighted by atomic mass is 10.1. The summed E-state index contributed by atoms with van der Waals surface area (Å²) in [5, 5.41) is 11.3. The number of aromatic nitrogens is 3. The van der Waals surface area contributed by atoms with Gasteiger partial charge in [-0.15, -0.1) is 5.10 Å². The molecule has 0 spiro atoms. The van der Waals surface area contributed by atoms with Gasteiger partial charge in [-0.25, -0.2) is 0 Å². The number of hydrogen-bond acceptors (Lipinski definition) is 4. The van der Waals surface area contributed by atoms with Gasteiger partial charge >= 0.3 is 0 Å². The quantitative estimate of drug-likeness (QED) is 0.759. The highest BCUT2D eigenvalue weighted by Crippen LogP contribution is 2.18. The Hall–Kier alpha value is -1.88. The fourth-order valence-corrected chi connectivity index (χ4v) is 2.14. The molecule has 1 atom stereocenters. The van der Waals surface area contributed by atoms with E-state index in [0.717, 1.165) is 25.3 Å². The van der Waals surface area contributed by atoms with E-state index in [1.54, 1.807) is 6.20 Å². The molecule has 0 aliphatic rings. The van der Waals surface area contributed by atoms with Crippen molar-refractivity contribution in [1.82, 2.24) is 20.3 Å². The molecule has 1 aromatic heterocycles. The molecular formula is C16H24N4O. The maximum absolute atomic E-state index is 5.65. The van der Waals surface area contributed by atoms with Gasteiger partial charge in [0, 0.05) is 18.8 Å². The van der Waals surface area contributed by atoms with E-state index < -0.39 is 0 Å². The van der Waals surface area contributed by atoms with Gasteiger partial charge in [0.15, 0.2) is 0 Å². The third kappa shape index (κ3) is 5.19. The molecule has 1 aromatic carbocycles. The van der Waals surface area contributed by atoms with E-state index in [1.165, 1.54) is 5.56 Å². The van der Waals surface area contributed by atoms with Crippen LogP contribution in [0.25, 0.3) is 0 Å². The summed E-state index contributed by atoms with van der Waals surface area (Å²) in [6.45, 7) is 8.08. The van der Waals surface area contributed by atoms with Crippen molar-refractivity contribution in [3.63, 3.8) is 0 Å². The van der Waals surface area contributed by atoms with Crippen LogP contribution in [0.1, 0.15) is 38.8 Å². The average Bonchev–Trinajstić information content (AvgIpc) is 2.97. The van der Waals surface area contributed by atoms with E-state index >= 15 is 0 Å². The summed E-state index contributed by atoms with van der Waals surface area (Å²) in [4.78, 5) is 0. The standard InChI is InChI=1S/C16H24N4O/c1-13(2)21-16-7-5-15(6-8-16)14(3)17-9-4-11-20-12-10-18-19-20/h5-8,10,12-14,17H,4,9,11H2,1-3H3. The van der Waals surface area contributed by atoms with Crippen molar-refractivity contribution in [3.05, 3.63) is 42.2 Å². The van der Waals surface area contributed by atoms with E-state index in [2.05, 4.69) is 34.7 Å². The van der Waals surface area contributed by atoms with E-state index in [1.807, 2.05) is 36.9 Å². The molecule has 1 unspecified atom stereocenters. The minimum atomic E-state index is 0.211. The van der Waals surface area contributed by atoms with Crippen LogP contribution in [0.15, 0.2) is 36.7 Å². The summed E-state index contributed by atoms with van der Waals surface area (Å²) < 4.78 is 7.50. The molecule has 0 bridgehead atoms. The van der Waals surface area contributed by atoms with Crippen LogP contribution in [0.5, 0.6) is 5.75 Å². The summed E-state index contributed by atoms with van der Waals surface area (Å²) in [5.74, 6) is 0.923. The molecule has 0 saturated carbocycles. The first-order chi connectivity index (χ1) is 10.1. The maximum Gasteiger partial charge on any atom is 0.119 e. The molecule has 5 nitrogen and oxygen atoms in total. The average molecular weight is 288 g/mol. The SMILES string of the molecule is CC(C)Oc1ccc(C(C)NCCCn2ccnn2)cc1. The Morgan fingerprint density at radius 3 is 2.57 bits per heavy atom. The van der Waals surface area contributed by atoms with Crippen LogP contribution in [-0.2, 0) is 6.54 Å². The molecule has 0 amide bonds. The normalized spacial score (nSPS) is 12.6. The van der Waals surface area contributed by atoms with Crippen molar-refractivity contribution in [1.29, 1.82) is 0 Å². The fraction of sp³-hybridized carbons (Fsp3) is 0.500. The predicted octanol–water partition coefficient (Wildman–Crippen LogP) is 2.81. The van der Waals surface area contributed by atoms with Crippen molar-refractivity contribution in [2.75, 3.05) is 6.54 Å². The highest BCUT2D eigenvalue weighted by atomic mass is 16.5. The van der Waals surface area contributed by atoms with Crippen LogP contribution in [0.4, 0.5) is 0 Å². The number of ether oxygens (including phenoxy) is 1. The highest BCUT2D eigenvalue weighted by molar-refractivity contribution is 5.29. The van der Waals surface area contributed by atoms with Crippen molar-refractivity contribution in [2.24, 2.45) is 0 Å². The molecule has 0 radical (unpaired) electrons. The topological polar surface area (TPSA) is 52.0 Å². The smallest absolute Gasteiger partial charge is 0.119 e. The lowest BCUT2D eigenvalue weighted by molar-refractivity contribution is 0.242. The van der Waals surface area contributed by atoms with E-state index in [0.29, 0.717) is 6.04 Å². The van der Waals surface area contributed by atoms with Gasteiger partial charge in [-0.3, -0.25) is 4.68 Å². The van der Waals surface area contributed by atoms with Crippen LogP contribution in [0, 0.1) is 0 Å². The highest BCUT2D eigenvalue weighted by Gasteiger charge is 2.05. The lowest BCUT2D eigenvalue weighted by Crippen LogP contribution is -2.21. The Kier molecular flexibility index (Phi) is 5.75. The first kappa shape index (κ1) is 15.5. The number of benzene rings is 1. The summed E-state index contributed by atoms with van der Waals surface area (Å²) in [7, 11) is 0. The Bertz CT molecular complexity index is 508. The predicted molar refractivity (Wildman–Crippen MR) is 83.3 cm³/mol. The molecule has 114 valence electrons. The van der Waals surface area contributed by atoms with Gasteiger partial charge in [0.25, 0.3) is 0 Å². The Balaban J connectivity index is 1.73. The molecule has 1 N–H and O–H groups in total. The summed E-state index contributed by atoms with van der Waals surface area (Å²) in [6, 6.07) is 8.62. The molecule has 21 heavy (non-hydrogen) atoms. The van der Waals surface area contributed by atoms with Crippen molar-refractivity contribution >= 4 is 0 Å². The second kappa shape index (κ2) is 7.78. The van der Waals surface area contributed by atoms with Gasteiger partial charge in [0.1, 0.15) is 5.75 Å². The molecule has 1 heterocycles. The monoisotopic (exact) mass is 288 g/mol. The summed E-state index contributed by atoms with van der Waals surface area (Å²) >= 11 is 0. The van der Waals surface area contributed by atoms with Crippen LogP contribution < -0.4 is 10.1 Å². The Labute approximate surface area is 126 Å². The molecular weight excluding hydrogens is 264 g/mol. The molecule has 0 aliphatic carbocycles. The van der Waals surface area contributed by atoms with Gasteiger partial charge in [-0.2, -0.15) is 0 Å². The zero-order valence-corrected chi connectivity index (χ0v) is 13.0. The molecule has 5 heteroatoms. The second-order valence-electron chi connectivity index (χ2n) is 5.43. The minimum Gasteiger partial charge on any atom is -0.491 e. The van der Waals surface area contributed by atoms with Gasteiger partial charge < -0.3 is 10.1 Å². The van der Waals surface area contributed by atoms with E-state index in [9.17, 15) is 0 Å². The van der Waals surface area contributed by atoms with E-state index in [4.69, 9.17) is 4.74 Å². The third-order valence-electron chi connectivity index (χ3n) is 3.24.